The van der Waals surface area contributed by atoms with Crippen molar-refractivity contribution in [3.63, 3.8) is 0 Å². The molecule has 2 rings (SSSR count). The van der Waals surface area contributed by atoms with Crippen molar-refractivity contribution >= 4 is 24.1 Å². The molecule has 118 valence electrons. The highest BCUT2D eigenvalue weighted by molar-refractivity contribution is 5.95. The van der Waals surface area contributed by atoms with E-state index in [4.69, 9.17) is 19.9 Å². The smallest absolute Gasteiger partial charge is 0.341 e. The van der Waals surface area contributed by atoms with E-state index in [2.05, 4.69) is 0 Å². The quantitative estimate of drug-likeness (QED) is 0.676. The van der Waals surface area contributed by atoms with Crippen LogP contribution in [0.1, 0.15) is 15.9 Å². The molecule has 0 aliphatic heterocycles. The topological polar surface area (TPSA) is 70.8 Å². The average molecular weight is 324 g/mol. The molecule has 0 aromatic heterocycles. The molecule has 0 spiro atoms. The third-order valence-electron chi connectivity index (χ3n) is 2.96. The third kappa shape index (κ3) is 4.05. The van der Waals surface area contributed by atoms with Crippen molar-refractivity contribution in [2.75, 3.05) is 20.0 Å². The Kier molecular flexibility index (Phi) is 6.53. The average Bonchev–Trinajstić information content (AvgIpc) is 2.53. The van der Waals surface area contributed by atoms with Gasteiger partial charge >= 0.3 is 5.97 Å². The minimum atomic E-state index is -0.524. The summed E-state index contributed by atoms with van der Waals surface area (Å²) in [5, 5.41) is 0. The SMILES string of the molecule is COC(=O)c1cc(OC)cc(N)c1OCc1ccccc1.Cl. The van der Waals surface area contributed by atoms with E-state index in [1.165, 1.54) is 14.2 Å². The Morgan fingerprint density at radius 3 is 2.41 bits per heavy atom. The molecule has 0 unspecified atom stereocenters. The van der Waals surface area contributed by atoms with Crippen LogP contribution < -0.4 is 15.2 Å². The summed E-state index contributed by atoms with van der Waals surface area (Å²) in [4.78, 5) is 11.9. The van der Waals surface area contributed by atoms with Crippen molar-refractivity contribution in [3.05, 3.63) is 53.6 Å². The molecule has 0 radical (unpaired) electrons. The second-order valence-electron chi connectivity index (χ2n) is 4.36. The maximum atomic E-state index is 11.9. The summed E-state index contributed by atoms with van der Waals surface area (Å²) in [7, 11) is 2.80. The highest BCUT2D eigenvalue weighted by Crippen LogP contribution is 2.32. The monoisotopic (exact) mass is 323 g/mol. The lowest BCUT2D eigenvalue weighted by Gasteiger charge is -2.14. The molecule has 5 nitrogen and oxygen atoms in total. The first-order valence-electron chi connectivity index (χ1n) is 6.38. The summed E-state index contributed by atoms with van der Waals surface area (Å²) in [5.41, 5.74) is 7.48. The predicted octanol–water partition coefficient (Wildman–Crippen LogP) is 3.06. The number of anilines is 1. The number of hydrogen-bond acceptors (Lipinski definition) is 5. The second kappa shape index (κ2) is 8.14. The molecule has 2 aromatic rings. The van der Waals surface area contributed by atoms with Crippen LogP contribution in [0.2, 0.25) is 0 Å². The van der Waals surface area contributed by atoms with Gasteiger partial charge in [-0.2, -0.15) is 0 Å². The Balaban J connectivity index is 0.00000242. The first kappa shape index (κ1) is 17.7. The lowest BCUT2D eigenvalue weighted by molar-refractivity contribution is 0.0595. The Morgan fingerprint density at radius 1 is 1.14 bits per heavy atom. The van der Waals surface area contributed by atoms with Gasteiger partial charge in [0.15, 0.2) is 5.75 Å². The number of nitrogen functional groups attached to an aromatic ring is 1. The fraction of sp³-hybridized carbons (Fsp3) is 0.188. The zero-order valence-electron chi connectivity index (χ0n) is 12.4. The number of ether oxygens (including phenoxy) is 3. The summed E-state index contributed by atoms with van der Waals surface area (Å²) in [5.74, 6) is 0.245. The molecule has 0 aliphatic rings. The number of carbonyl (C=O) groups excluding carboxylic acids is 1. The van der Waals surface area contributed by atoms with Gasteiger partial charge in [0, 0.05) is 6.07 Å². The van der Waals surface area contributed by atoms with Crippen molar-refractivity contribution < 1.29 is 19.0 Å². The van der Waals surface area contributed by atoms with Gasteiger partial charge < -0.3 is 19.9 Å². The third-order valence-corrected chi connectivity index (χ3v) is 2.96. The van der Waals surface area contributed by atoms with Crippen LogP contribution in [0.15, 0.2) is 42.5 Å². The molecule has 0 heterocycles. The van der Waals surface area contributed by atoms with Gasteiger partial charge in [-0.3, -0.25) is 0 Å². The van der Waals surface area contributed by atoms with E-state index >= 15 is 0 Å². The Labute approximate surface area is 135 Å². The lowest BCUT2D eigenvalue weighted by atomic mass is 10.1. The zero-order chi connectivity index (χ0) is 15.2. The molecule has 0 aliphatic carbocycles. The van der Waals surface area contributed by atoms with Crippen LogP contribution in [0.5, 0.6) is 11.5 Å². The Hall–Kier alpha value is -2.40. The molecule has 0 saturated carbocycles. The van der Waals surface area contributed by atoms with E-state index < -0.39 is 5.97 Å². The van der Waals surface area contributed by atoms with E-state index in [1.54, 1.807) is 12.1 Å². The predicted molar refractivity (Wildman–Crippen MR) is 86.8 cm³/mol. The highest BCUT2D eigenvalue weighted by Gasteiger charge is 2.18. The maximum absolute atomic E-state index is 11.9. The van der Waals surface area contributed by atoms with Crippen LogP contribution in [-0.4, -0.2) is 20.2 Å². The van der Waals surface area contributed by atoms with Crippen LogP contribution in [0.25, 0.3) is 0 Å². The van der Waals surface area contributed by atoms with E-state index in [-0.39, 0.29) is 18.0 Å². The number of hydrogen-bond donors (Lipinski definition) is 1. The number of carbonyl (C=O) groups is 1. The van der Waals surface area contributed by atoms with Gasteiger partial charge in [0.1, 0.15) is 17.9 Å². The lowest BCUT2D eigenvalue weighted by Crippen LogP contribution is -2.08. The number of nitrogens with two attached hydrogens (primary N) is 1. The molecular formula is C16H18ClNO4. The van der Waals surface area contributed by atoms with E-state index in [9.17, 15) is 4.79 Å². The fourth-order valence-corrected chi connectivity index (χ4v) is 1.89. The second-order valence-corrected chi connectivity index (χ2v) is 4.36. The molecular weight excluding hydrogens is 306 g/mol. The molecule has 2 aromatic carbocycles. The van der Waals surface area contributed by atoms with Crippen LogP contribution in [0, 0.1) is 0 Å². The molecule has 0 atom stereocenters. The van der Waals surface area contributed by atoms with E-state index in [1.807, 2.05) is 30.3 Å². The molecule has 2 N–H and O–H groups in total. The molecule has 0 saturated heterocycles. The first-order chi connectivity index (χ1) is 10.2. The Morgan fingerprint density at radius 2 is 1.82 bits per heavy atom. The van der Waals surface area contributed by atoms with Gasteiger partial charge in [-0.25, -0.2) is 4.79 Å². The molecule has 0 amide bonds. The Bertz CT molecular complexity index is 632. The number of benzene rings is 2. The number of rotatable bonds is 5. The molecule has 6 heteroatoms. The minimum absolute atomic E-state index is 0. The van der Waals surface area contributed by atoms with Crippen LogP contribution in [0.3, 0.4) is 0 Å². The number of halogens is 1. The van der Waals surface area contributed by atoms with Crippen LogP contribution in [0.4, 0.5) is 5.69 Å². The largest absolute Gasteiger partial charge is 0.497 e. The summed E-state index contributed by atoms with van der Waals surface area (Å²) >= 11 is 0. The summed E-state index contributed by atoms with van der Waals surface area (Å²) in [6.07, 6.45) is 0. The van der Waals surface area contributed by atoms with E-state index in [0.717, 1.165) is 5.56 Å². The minimum Gasteiger partial charge on any atom is -0.497 e. The van der Waals surface area contributed by atoms with Gasteiger partial charge in [-0.05, 0) is 11.6 Å². The molecule has 0 fully saturated rings. The van der Waals surface area contributed by atoms with Gasteiger partial charge in [0.05, 0.1) is 19.9 Å². The summed E-state index contributed by atoms with van der Waals surface area (Å²) < 4.78 is 15.6. The maximum Gasteiger partial charge on any atom is 0.341 e. The summed E-state index contributed by atoms with van der Waals surface area (Å²) in [6, 6.07) is 12.8. The normalized spacial score (nSPS) is 9.55. The van der Waals surface area contributed by atoms with Gasteiger partial charge in [-0.15, -0.1) is 12.4 Å². The van der Waals surface area contributed by atoms with Crippen molar-refractivity contribution in [1.82, 2.24) is 0 Å². The molecule has 0 bridgehead atoms. The van der Waals surface area contributed by atoms with Crippen LogP contribution in [-0.2, 0) is 11.3 Å². The van der Waals surface area contributed by atoms with Gasteiger partial charge in [0.2, 0.25) is 0 Å². The standard InChI is InChI=1S/C16H17NO4.ClH/c1-19-12-8-13(16(18)20-2)15(14(17)9-12)21-10-11-6-4-3-5-7-11;/h3-9H,10,17H2,1-2H3;1H. The van der Waals surface area contributed by atoms with Crippen molar-refractivity contribution in [1.29, 1.82) is 0 Å². The summed E-state index contributed by atoms with van der Waals surface area (Å²) in [6.45, 7) is 0.307. The van der Waals surface area contributed by atoms with Gasteiger partial charge in [-0.1, -0.05) is 30.3 Å². The van der Waals surface area contributed by atoms with Crippen molar-refractivity contribution in [3.8, 4) is 11.5 Å². The highest BCUT2D eigenvalue weighted by atomic mass is 35.5. The molecule has 22 heavy (non-hydrogen) atoms. The first-order valence-corrected chi connectivity index (χ1v) is 6.38. The zero-order valence-corrected chi connectivity index (χ0v) is 13.2. The van der Waals surface area contributed by atoms with Crippen molar-refractivity contribution in [2.24, 2.45) is 0 Å². The van der Waals surface area contributed by atoms with Crippen LogP contribution >= 0.6 is 12.4 Å². The van der Waals surface area contributed by atoms with E-state index in [0.29, 0.717) is 23.8 Å². The van der Waals surface area contributed by atoms with Gasteiger partial charge in [0.25, 0.3) is 0 Å². The number of esters is 1. The van der Waals surface area contributed by atoms with Crippen molar-refractivity contribution in [2.45, 2.75) is 6.61 Å². The number of methoxy groups -OCH3 is 2. The fourth-order valence-electron chi connectivity index (χ4n) is 1.89.